The van der Waals surface area contributed by atoms with Gasteiger partial charge in [0.05, 0.1) is 10.1 Å². The Morgan fingerprint density at radius 1 is 0.964 bits per heavy atom. The van der Waals surface area contributed by atoms with Crippen molar-refractivity contribution >= 4 is 69.5 Å². The number of carbonyl (C=O) groups excluding carboxylic acids is 2. The Morgan fingerprint density at radius 3 is 2.25 bits per heavy atom. The second kappa shape index (κ2) is 9.47. The van der Waals surface area contributed by atoms with Crippen LogP contribution in [0, 0.1) is 0 Å². The molecule has 2 amide bonds. The molecule has 1 unspecified atom stereocenters. The molecule has 1 aromatic heterocycles. The molecule has 0 bridgehead atoms. The lowest BCUT2D eigenvalue weighted by molar-refractivity contribution is -0.115. The Kier molecular flexibility index (Phi) is 7.02. The van der Waals surface area contributed by atoms with Crippen LogP contribution in [0.2, 0.25) is 10.0 Å². The highest BCUT2D eigenvalue weighted by atomic mass is 35.5. The fraction of sp³-hybridized carbons (Fsp3) is 0.100. The van der Waals surface area contributed by atoms with Crippen LogP contribution in [-0.2, 0) is 4.79 Å². The summed E-state index contributed by atoms with van der Waals surface area (Å²) in [4.78, 5) is 26.1. The van der Waals surface area contributed by atoms with Crippen molar-refractivity contribution in [1.29, 1.82) is 0 Å². The van der Waals surface area contributed by atoms with Crippen molar-refractivity contribution in [3.8, 4) is 0 Å². The summed E-state index contributed by atoms with van der Waals surface area (Å²) >= 11 is 14.7. The molecule has 1 atom stereocenters. The van der Waals surface area contributed by atoms with E-state index in [0.717, 1.165) is 4.90 Å². The summed E-state index contributed by atoms with van der Waals surface area (Å²) in [5.74, 6) is -0.290. The molecule has 144 valence electrons. The maximum absolute atomic E-state index is 12.4. The van der Waals surface area contributed by atoms with E-state index >= 15 is 0 Å². The average molecular weight is 451 g/mol. The zero-order valence-electron chi connectivity index (χ0n) is 14.7. The third-order valence-corrected chi connectivity index (χ3v) is 6.09. The maximum Gasteiger partial charge on any atom is 0.265 e. The van der Waals surface area contributed by atoms with Crippen LogP contribution in [0.1, 0.15) is 16.6 Å². The van der Waals surface area contributed by atoms with Gasteiger partial charge in [-0.25, -0.2) is 0 Å². The number of halogens is 2. The predicted molar refractivity (Wildman–Crippen MR) is 119 cm³/mol. The van der Waals surface area contributed by atoms with E-state index in [4.69, 9.17) is 23.2 Å². The summed E-state index contributed by atoms with van der Waals surface area (Å²) in [6.07, 6.45) is 0. The highest BCUT2D eigenvalue weighted by molar-refractivity contribution is 8.00. The molecule has 0 saturated carbocycles. The van der Waals surface area contributed by atoms with E-state index in [-0.39, 0.29) is 17.1 Å². The standard InChI is InChI=1S/C20H16Cl2N2O2S2/c1-12(19(25)24-16-10-13(21)9-14(22)11-16)28-17-6-4-15(5-7-17)23-20(26)18-3-2-8-27-18/h2-12H,1H3,(H,23,26)(H,24,25). The molecular formula is C20H16Cl2N2O2S2. The number of hydrogen-bond donors (Lipinski definition) is 2. The fourth-order valence-electron chi connectivity index (χ4n) is 2.34. The third kappa shape index (κ3) is 5.75. The van der Waals surface area contributed by atoms with E-state index in [1.165, 1.54) is 23.1 Å². The first-order valence-electron chi connectivity index (χ1n) is 8.29. The van der Waals surface area contributed by atoms with Gasteiger partial charge in [0.15, 0.2) is 0 Å². The molecule has 3 aromatic rings. The molecule has 2 N–H and O–H groups in total. The van der Waals surface area contributed by atoms with Crippen molar-refractivity contribution in [1.82, 2.24) is 0 Å². The van der Waals surface area contributed by atoms with Gasteiger partial charge >= 0.3 is 0 Å². The highest BCUT2D eigenvalue weighted by Crippen LogP contribution is 2.27. The van der Waals surface area contributed by atoms with Crippen molar-refractivity contribution in [3.05, 3.63) is 74.9 Å². The van der Waals surface area contributed by atoms with E-state index in [2.05, 4.69) is 10.6 Å². The van der Waals surface area contributed by atoms with Gasteiger partial charge in [-0.2, -0.15) is 0 Å². The smallest absolute Gasteiger partial charge is 0.265 e. The van der Waals surface area contributed by atoms with Gasteiger partial charge in [-0.3, -0.25) is 9.59 Å². The number of nitrogens with one attached hydrogen (secondary N) is 2. The number of benzene rings is 2. The van der Waals surface area contributed by atoms with Gasteiger partial charge in [-0.05, 0) is 60.8 Å². The van der Waals surface area contributed by atoms with Crippen LogP contribution in [0.4, 0.5) is 11.4 Å². The minimum Gasteiger partial charge on any atom is -0.325 e. The molecule has 0 aliphatic heterocycles. The molecule has 0 saturated heterocycles. The second-order valence-corrected chi connectivity index (χ2v) is 9.10. The van der Waals surface area contributed by atoms with Crippen LogP contribution in [-0.4, -0.2) is 17.1 Å². The molecule has 0 spiro atoms. The SMILES string of the molecule is CC(Sc1ccc(NC(=O)c2cccs2)cc1)C(=O)Nc1cc(Cl)cc(Cl)c1. The summed E-state index contributed by atoms with van der Waals surface area (Å²) in [6, 6.07) is 15.9. The Hall–Kier alpha value is -1.99. The molecule has 3 rings (SSSR count). The second-order valence-electron chi connectivity index (χ2n) is 5.86. The summed E-state index contributed by atoms with van der Waals surface area (Å²) in [7, 11) is 0. The molecule has 0 aliphatic rings. The van der Waals surface area contributed by atoms with Crippen LogP contribution in [0.3, 0.4) is 0 Å². The normalized spacial score (nSPS) is 11.7. The zero-order chi connectivity index (χ0) is 20.1. The van der Waals surface area contributed by atoms with Gasteiger partial charge in [-0.15, -0.1) is 23.1 Å². The largest absolute Gasteiger partial charge is 0.325 e. The number of thiophene rings is 1. The van der Waals surface area contributed by atoms with Gasteiger partial charge in [0.1, 0.15) is 0 Å². The number of rotatable bonds is 6. The van der Waals surface area contributed by atoms with E-state index in [9.17, 15) is 9.59 Å². The minimum absolute atomic E-state index is 0.136. The lowest BCUT2D eigenvalue weighted by Gasteiger charge is -2.13. The molecule has 4 nitrogen and oxygen atoms in total. The van der Waals surface area contributed by atoms with Gasteiger partial charge in [-0.1, -0.05) is 29.3 Å². The van der Waals surface area contributed by atoms with Gasteiger partial charge in [0.2, 0.25) is 5.91 Å². The first-order chi connectivity index (χ1) is 13.4. The maximum atomic E-state index is 12.4. The number of amides is 2. The average Bonchev–Trinajstić information content (AvgIpc) is 3.17. The molecule has 0 radical (unpaired) electrons. The molecule has 8 heteroatoms. The fourth-order valence-corrected chi connectivity index (χ4v) is 4.36. The summed E-state index contributed by atoms with van der Waals surface area (Å²) < 4.78 is 0. The Bertz CT molecular complexity index is 956. The van der Waals surface area contributed by atoms with Gasteiger partial charge in [0, 0.05) is 26.3 Å². The van der Waals surface area contributed by atoms with Crippen molar-refractivity contribution in [2.24, 2.45) is 0 Å². The van der Waals surface area contributed by atoms with Crippen molar-refractivity contribution in [2.45, 2.75) is 17.1 Å². The van der Waals surface area contributed by atoms with E-state index in [1.54, 1.807) is 24.3 Å². The van der Waals surface area contributed by atoms with Gasteiger partial charge in [0.25, 0.3) is 5.91 Å². The third-order valence-electron chi connectivity index (χ3n) is 3.67. The molecule has 28 heavy (non-hydrogen) atoms. The van der Waals surface area contributed by atoms with Crippen LogP contribution >= 0.6 is 46.3 Å². The Labute approximate surface area is 181 Å². The van der Waals surface area contributed by atoms with Crippen molar-refractivity contribution < 1.29 is 9.59 Å². The lowest BCUT2D eigenvalue weighted by atomic mass is 10.3. The molecule has 2 aromatic carbocycles. The number of thioether (sulfide) groups is 1. The van der Waals surface area contributed by atoms with Crippen LogP contribution in [0.15, 0.2) is 64.9 Å². The van der Waals surface area contributed by atoms with Crippen LogP contribution in [0.25, 0.3) is 0 Å². The number of carbonyl (C=O) groups is 2. The number of hydrogen-bond acceptors (Lipinski definition) is 4. The van der Waals surface area contributed by atoms with Crippen LogP contribution < -0.4 is 10.6 Å². The molecule has 0 fully saturated rings. The zero-order valence-corrected chi connectivity index (χ0v) is 17.9. The van der Waals surface area contributed by atoms with Crippen LogP contribution in [0.5, 0.6) is 0 Å². The summed E-state index contributed by atoms with van der Waals surface area (Å²) in [5.41, 5.74) is 1.26. The Morgan fingerprint density at radius 2 is 1.64 bits per heavy atom. The monoisotopic (exact) mass is 450 g/mol. The lowest BCUT2D eigenvalue weighted by Crippen LogP contribution is -2.22. The highest BCUT2D eigenvalue weighted by Gasteiger charge is 2.15. The van der Waals surface area contributed by atoms with E-state index in [0.29, 0.717) is 26.3 Å². The molecular weight excluding hydrogens is 435 g/mol. The first kappa shape index (κ1) is 20.7. The summed E-state index contributed by atoms with van der Waals surface area (Å²) in [5, 5.41) is 8.11. The van der Waals surface area contributed by atoms with E-state index < -0.39 is 0 Å². The van der Waals surface area contributed by atoms with Crippen molar-refractivity contribution in [2.75, 3.05) is 10.6 Å². The van der Waals surface area contributed by atoms with Gasteiger partial charge < -0.3 is 10.6 Å². The summed E-state index contributed by atoms with van der Waals surface area (Å²) in [6.45, 7) is 1.82. The first-order valence-corrected chi connectivity index (χ1v) is 10.8. The number of anilines is 2. The molecule has 0 aliphatic carbocycles. The Balaban J connectivity index is 1.57. The minimum atomic E-state index is -0.329. The predicted octanol–water partition coefficient (Wildman–Crippen LogP) is 6.43. The van der Waals surface area contributed by atoms with E-state index in [1.807, 2.05) is 42.6 Å². The topological polar surface area (TPSA) is 58.2 Å². The quantitative estimate of drug-likeness (QED) is 0.425. The molecule has 1 heterocycles. The van der Waals surface area contributed by atoms with Crippen molar-refractivity contribution in [3.63, 3.8) is 0 Å².